The molecule has 2 bridgehead atoms. The fourth-order valence-electron chi connectivity index (χ4n) is 4.91. The molecule has 1 N–H and O–H groups in total. The van der Waals surface area contributed by atoms with Gasteiger partial charge in [0.25, 0.3) is 0 Å². The van der Waals surface area contributed by atoms with Gasteiger partial charge in [0.15, 0.2) is 0 Å². The molecule has 1 aliphatic heterocycles. The molecule has 1 aliphatic carbocycles. The fraction of sp³-hybridized carbons (Fsp3) is 0.765. The monoisotopic (exact) mass is 304 g/mol. The predicted molar refractivity (Wildman–Crippen MR) is 86.2 cm³/mol. The van der Waals surface area contributed by atoms with Crippen LogP contribution in [0.15, 0.2) is 12.4 Å². The Kier molecular flexibility index (Phi) is 3.59. The van der Waals surface area contributed by atoms with Gasteiger partial charge in [0.1, 0.15) is 6.04 Å². The number of hydrogen-bond donors (Lipinski definition) is 1. The summed E-state index contributed by atoms with van der Waals surface area (Å²) in [6, 6.07) is 0.0912. The number of amides is 1. The Bertz CT molecular complexity index is 579. The summed E-state index contributed by atoms with van der Waals surface area (Å²) in [7, 11) is 3.73. The molecule has 122 valence electrons. The van der Waals surface area contributed by atoms with E-state index in [0.717, 1.165) is 24.9 Å². The minimum Gasteiger partial charge on any atom is -0.337 e. The number of nitrogens with zero attached hydrogens (tertiary/aromatic N) is 3. The first-order valence-electron chi connectivity index (χ1n) is 8.19. The van der Waals surface area contributed by atoms with E-state index in [4.69, 9.17) is 0 Å². The van der Waals surface area contributed by atoms with Crippen molar-refractivity contribution in [1.29, 1.82) is 0 Å². The van der Waals surface area contributed by atoms with Crippen molar-refractivity contribution in [2.24, 2.45) is 17.9 Å². The maximum Gasteiger partial charge on any atom is 0.244 e. The van der Waals surface area contributed by atoms with Gasteiger partial charge < -0.3 is 10.2 Å². The third kappa shape index (κ3) is 2.67. The van der Waals surface area contributed by atoms with Crippen LogP contribution in [0.2, 0.25) is 0 Å². The summed E-state index contributed by atoms with van der Waals surface area (Å²) in [5.74, 6) is 0.196. The van der Waals surface area contributed by atoms with E-state index in [0.29, 0.717) is 11.5 Å². The zero-order chi connectivity index (χ0) is 16.1. The SMILES string of the molecule is CNC(C(=O)N1CC2(C)CC1CC(C)(C)C2)c1cnn(C)c1. The van der Waals surface area contributed by atoms with Gasteiger partial charge in [-0.2, -0.15) is 5.10 Å². The van der Waals surface area contributed by atoms with E-state index in [-0.39, 0.29) is 17.4 Å². The summed E-state index contributed by atoms with van der Waals surface area (Å²) < 4.78 is 1.75. The topological polar surface area (TPSA) is 50.2 Å². The van der Waals surface area contributed by atoms with Crippen LogP contribution in [0, 0.1) is 10.8 Å². The van der Waals surface area contributed by atoms with Gasteiger partial charge in [0.2, 0.25) is 5.91 Å². The first kappa shape index (κ1) is 15.5. The van der Waals surface area contributed by atoms with Crippen LogP contribution < -0.4 is 5.32 Å². The van der Waals surface area contributed by atoms with Crippen LogP contribution in [0.3, 0.4) is 0 Å². The van der Waals surface area contributed by atoms with Crippen LogP contribution in [-0.2, 0) is 11.8 Å². The highest BCUT2D eigenvalue weighted by Gasteiger charge is 2.51. The first-order chi connectivity index (χ1) is 10.2. The summed E-state index contributed by atoms with van der Waals surface area (Å²) >= 11 is 0. The maximum absolute atomic E-state index is 13.1. The summed E-state index contributed by atoms with van der Waals surface area (Å²) in [6.07, 6.45) is 7.17. The Morgan fingerprint density at radius 2 is 2.14 bits per heavy atom. The predicted octanol–water partition coefficient (Wildman–Crippen LogP) is 2.11. The van der Waals surface area contributed by atoms with Crippen molar-refractivity contribution in [3.8, 4) is 0 Å². The van der Waals surface area contributed by atoms with Crippen molar-refractivity contribution in [1.82, 2.24) is 20.0 Å². The number of carbonyl (C=O) groups excluding carboxylic acids is 1. The second kappa shape index (κ2) is 5.08. The second-order valence-electron chi connectivity index (χ2n) is 8.35. The lowest BCUT2D eigenvalue weighted by molar-refractivity contribution is -0.134. The average Bonchev–Trinajstić information content (AvgIpc) is 2.90. The number of likely N-dealkylation sites (tertiary alicyclic amines) is 1. The van der Waals surface area contributed by atoms with Gasteiger partial charge >= 0.3 is 0 Å². The Balaban J connectivity index is 1.83. The zero-order valence-electron chi connectivity index (χ0n) is 14.4. The van der Waals surface area contributed by atoms with E-state index >= 15 is 0 Å². The van der Waals surface area contributed by atoms with Gasteiger partial charge in [-0.3, -0.25) is 9.48 Å². The Hall–Kier alpha value is -1.36. The van der Waals surface area contributed by atoms with Gasteiger partial charge in [0.05, 0.1) is 6.20 Å². The third-order valence-corrected chi connectivity index (χ3v) is 5.29. The molecule has 1 saturated heterocycles. The van der Waals surface area contributed by atoms with Crippen molar-refractivity contribution >= 4 is 5.91 Å². The molecule has 0 aromatic carbocycles. The van der Waals surface area contributed by atoms with Crippen molar-refractivity contribution < 1.29 is 4.79 Å². The molecular formula is C17H28N4O. The Morgan fingerprint density at radius 1 is 1.41 bits per heavy atom. The van der Waals surface area contributed by atoms with E-state index < -0.39 is 0 Å². The molecule has 2 heterocycles. The summed E-state index contributed by atoms with van der Waals surface area (Å²) in [5, 5.41) is 7.38. The van der Waals surface area contributed by atoms with E-state index in [2.05, 4.69) is 36.1 Å². The zero-order valence-corrected chi connectivity index (χ0v) is 14.4. The molecule has 5 nitrogen and oxygen atoms in total. The van der Waals surface area contributed by atoms with Crippen molar-refractivity contribution in [2.75, 3.05) is 13.6 Å². The third-order valence-electron chi connectivity index (χ3n) is 5.29. The first-order valence-corrected chi connectivity index (χ1v) is 8.19. The lowest BCUT2D eigenvalue weighted by atomic mass is 9.65. The average molecular weight is 304 g/mol. The number of aromatic nitrogens is 2. The van der Waals surface area contributed by atoms with Crippen molar-refractivity contribution in [3.05, 3.63) is 18.0 Å². The molecular weight excluding hydrogens is 276 g/mol. The van der Waals surface area contributed by atoms with E-state index in [1.807, 2.05) is 20.3 Å². The van der Waals surface area contributed by atoms with Crippen LogP contribution in [0.25, 0.3) is 0 Å². The molecule has 5 heteroatoms. The molecule has 1 aromatic rings. The maximum atomic E-state index is 13.1. The molecule has 1 aromatic heterocycles. The van der Waals surface area contributed by atoms with Gasteiger partial charge in [-0.25, -0.2) is 0 Å². The van der Waals surface area contributed by atoms with Crippen LogP contribution in [-0.4, -0.2) is 40.2 Å². The summed E-state index contributed by atoms with van der Waals surface area (Å²) in [6.45, 7) is 7.90. The number of rotatable bonds is 3. The van der Waals surface area contributed by atoms with Gasteiger partial charge in [-0.1, -0.05) is 20.8 Å². The Labute approximate surface area is 133 Å². The normalized spacial score (nSPS) is 31.3. The highest BCUT2D eigenvalue weighted by atomic mass is 16.2. The molecule has 22 heavy (non-hydrogen) atoms. The highest BCUT2D eigenvalue weighted by molar-refractivity contribution is 5.84. The number of aryl methyl sites for hydroxylation is 1. The number of carbonyl (C=O) groups is 1. The van der Waals surface area contributed by atoms with Gasteiger partial charge in [-0.15, -0.1) is 0 Å². The minimum atomic E-state index is -0.292. The van der Waals surface area contributed by atoms with E-state index in [1.165, 1.54) is 6.42 Å². The standard InChI is InChI=1S/C17H28N4O/c1-16(2)6-13-7-17(3,10-16)11-21(13)15(22)14(18-4)12-8-19-20(5)9-12/h8-9,13-14,18H,6-7,10-11H2,1-5H3. The Morgan fingerprint density at radius 3 is 2.73 bits per heavy atom. The molecule has 1 amide bonds. The molecule has 3 unspecified atom stereocenters. The molecule has 3 rings (SSSR count). The van der Waals surface area contributed by atoms with Crippen LogP contribution in [0.5, 0.6) is 0 Å². The number of nitrogens with one attached hydrogen (secondary N) is 1. The molecule has 0 radical (unpaired) electrons. The molecule has 2 aliphatic rings. The fourth-order valence-corrected chi connectivity index (χ4v) is 4.91. The van der Waals surface area contributed by atoms with Gasteiger partial charge in [0, 0.05) is 31.4 Å². The van der Waals surface area contributed by atoms with Crippen molar-refractivity contribution in [3.63, 3.8) is 0 Å². The minimum absolute atomic E-state index is 0.196. The number of fused-ring (bicyclic) bond motifs is 2. The molecule has 1 saturated carbocycles. The molecule has 0 spiro atoms. The number of hydrogen-bond acceptors (Lipinski definition) is 3. The van der Waals surface area contributed by atoms with E-state index in [1.54, 1.807) is 10.9 Å². The van der Waals surface area contributed by atoms with Crippen LogP contribution >= 0.6 is 0 Å². The molecule has 3 atom stereocenters. The van der Waals surface area contributed by atoms with Crippen LogP contribution in [0.4, 0.5) is 0 Å². The smallest absolute Gasteiger partial charge is 0.244 e. The summed E-state index contributed by atoms with van der Waals surface area (Å²) in [5.41, 5.74) is 1.55. The summed E-state index contributed by atoms with van der Waals surface area (Å²) in [4.78, 5) is 15.2. The van der Waals surface area contributed by atoms with E-state index in [9.17, 15) is 4.79 Å². The largest absolute Gasteiger partial charge is 0.337 e. The second-order valence-corrected chi connectivity index (χ2v) is 8.35. The van der Waals surface area contributed by atoms with Crippen LogP contribution in [0.1, 0.15) is 51.6 Å². The number of likely N-dealkylation sites (N-methyl/N-ethyl adjacent to an activating group) is 1. The van der Waals surface area contributed by atoms with Crippen molar-refractivity contribution in [2.45, 2.75) is 52.1 Å². The molecule has 2 fully saturated rings. The highest BCUT2D eigenvalue weighted by Crippen LogP contribution is 2.52. The quantitative estimate of drug-likeness (QED) is 0.930. The lowest BCUT2D eigenvalue weighted by Gasteiger charge is -2.39. The van der Waals surface area contributed by atoms with Gasteiger partial charge in [-0.05, 0) is 37.1 Å². The lowest BCUT2D eigenvalue weighted by Crippen LogP contribution is -2.43.